The van der Waals surface area contributed by atoms with Gasteiger partial charge in [0.15, 0.2) is 11.5 Å². The molecule has 3 fully saturated rings. The van der Waals surface area contributed by atoms with Gasteiger partial charge in [-0.2, -0.15) is 5.01 Å². The largest absolute Gasteiger partial charge is 0.504 e. The van der Waals surface area contributed by atoms with Crippen LogP contribution in [0.4, 0.5) is 5.69 Å². The Morgan fingerprint density at radius 1 is 1.00 bits per heavy atom. The van der Waals surface area contributed by atoms with Crippen molar-refractivity contribution in [3.8, 4) is 17.2 Å². The maximum Gasteiger partial charge on any atom is 0.303 e. The van der Waals surface area contributed by atoms with Gasteiger partial charge in [-0.05, 0) is 74.1 Å². The van der Waals surface area contributed by atoms with Crippen LogP contribution in [0.1, 0.15) is 49.7 Å². The molecule has 276 valence electrons. The van der Waals surface area contributed by atoms with Crippen molar-refractivity contribution in [3.63, 3.8) is 0 Å². The van der Waals surface area contributed by atoms with Crippen LogP contribution in [-0.2, 0) is 29.4 Å². The van der Waals surface area contributed by atoms with Crippen LogP contribution in [0.25, 0.3) is 0 Å². The number of aliphatic carboxylic acids is 1. The van der Waals surface area contributed by atoms with Gasteiger partial charge in [-0.1, -0.05) is 59.1 Å². The number of imide groups is 2. The second-order valence-electron chi connectivity index (χ2n) is 13.7. The number of ether oxygens (including phenoxy) is 2. The molecule has 2 aliphatic heterocycles. The number of rotatable bonds is 11. The number of hydrazine groups is 1. The number of carbonyl (C=O) groups excluding carboxylic acids is 4. The number of nitrogens with zero attached hydrogens (tertiary/aromatic N) is 2. The summed E-state index contributed by atoms with van der Waals surface area (Å²) in [6.45, 7) is 1.97. The number of halogens is 2. The number of fused-ring (bicyclic) bond motifs is 4. The normalized spacial score (nSPS) is 26.2. The number of para-hydroxylation sites is 1. The van der Waals surface area contributed by atoms with Crippen molar-refractivity contribution >= 4 is 58.5 Å². The number of benzene rings is 3. The molecule has 2 heterocycles. The molecule has 2 saturated heterocycles. The average molecular weight is 763 g/mol. The van der Waals surface area contributed by atoms with Gasteiger partial charge < -0.3 is 19.7 Å². The number of phenolic OH excluding ortho intramolecular Hbond substituents is 1. The summed E-state index contributed by atoms with van der Waals surface area (Å²) in [5.41, 5.74) is 2.96. The molecule has 0 aromatic heterocycles. The summed E-state index contributed by atoms with van der Waals surface area (Å²) in [6.07, 6.45) is 1.97. The van der Waals surface area contributed by atoms with Crippen molar-refractivity contribution in [3.05, 3.63) is 93.5 Å². The van der Waals surface area contributed by atoms with Gasteiger partial charge in [0.1, 0.15) is 5.75 Å². The first-order valence-electron chi connectivity index (χ1n) is 17.4. The first-order valence-corrected chi connectivity index (χ1v) is 18.2. The Kier molecular flexibility index (Phi) is 9.62. The zero-order valence-corrected chi connectivity index (χ0v) is 30.4. The molecular formula is C39H37Cl2N3O9. The maximum absolute atomic E-state index is 15.4. The van der Waals surface area contributed by atoms with Gasteiger partial charge in [0.05, 0.1) is 47.6 Å². The molecule has 7 rings (SSSR count). The number of anilines is 1. The number of hydrogen-bond acceptors (Lipinski definition) is 9. The standard InChI is InChI=1S/C39H37Cl2N3O9/c1-3-53-30-7-4-6-25(34(30)47)33-23-14-15-24-32(37(50)43(35(24)48)17-5-8-31(45)46)26(23)19-27-36(49)44(42-29-16-11-21(40)18-28(29)41)38(51)39(27,33)20-9-12-22(52-2)13-10-20/h4,6-7,9-14,16,18,24,26-27,32-33,42,47H,3,5,8,15,17,19H2,1-2H3,(H,45,46). The zero-order valence-electron chi connectivity index (χ0n) is 28.9. The summed E-state index contributed by atoms with van der Waals surface area (Å²) in [7, 11) is 1.52. The van der Waals surface area contributed by atoms with Crippen LogP contribution in [0.5, 0.6) is 17.2 Å². The van der Waals surface area contributed by atoms with E-state index < -0.39 is 58.7 Å². The second kappa shape index (κ2) is 14.1. The molecule has 1 saturated carbocycles. The molecule has 6 atom stereocenters. The highest BCUT2D eigenvalue weighted by Gasteiger charge is 2.70. The van der Waals surface area contributed by atoms with E-state index in [1.54, 1.807) is 61.5 Å². The Morgan fingerprint density at radius 2 is 1.75 bits per heavy atom. The Balaban J connectivity index is 1.43. The van der Waals surface area contributed by atoms with Crippen molar-refractivity contribution < 1.29 is 43.7 Å². The van der Waals surface area contributed by atoms with Crippen LogP contribution in [0, 0.1) is 23.7 Å². The van der Waals surface area contributed by atoms with E-state index in [-0.39, 0.29) is 67.0 Å². The van der Waals surface area contributed by atoms with E-state index in [2.05, 4.69) is 5.43 Å². The van der Waals surface area contributed by atoms with E-state index in [0.29, 0.717) is 27.5 Å². The third kappa shape index (κ3) is 5.79. The lowest BCUT2D eigenvalue weighted by Gasteiger charge is -2.50. The smallest absolute Gasteiger partial charge is 0.303 e. The molecule has 12 nitrogen and oxygen atoms in total. The van der Waals surface area contributed by atoms with Crippen molar-refractivity contribution in [2.24, 2.45) is 23.7 Å². The van der Waals surface area contributed by atoms with Crippen LogP contribution in [-0.4, -0.2) is 70.0 Å². The lowest BCUT2D eigenvalue weighted by atomic mass is 9.49. The van der Waals surface area contributed by atoms with Gasteiger partial charge in [-0.25, -0.2) is 0 Å². The van der Waals surface area contributed by atoms with Gasteiger partial charge in [0, 0.05) is 29.5 Å². The Morgan fingerprint density at radius 3 is 2.43 bits per heavy atom. The number of amides is 4. The number of phenols is 1. The topological polar surface area (TPSA) is 163 Å². The molecule has 6 unspecified atom stereocenters. The van der Waals surface area contributed by atoms with Crippen molar-refractivity contribution in [1.29, 1.82) is 0 Å². The molecule has 3 aromatic rings. The summed E-state index contributed by atoms with van der Waals surface area (Å²) in [6, 6.07) is 16.4. The number of carbonyl (C=O) groups is 5. The van der Waals surface area contributed by atoms with Gasteiger partial charge in [-0.15, -0.1) is 0 Å². The summed E-state index contributed by atoms with van der Waals surface area (Å²) >= 11 is 12.7. The Labute approximate surface area is 315 Å². The molecule has 4 aliphatic rings. The molecule has 14 heteroatoms. The van der Waals surface area contributed by atoms with E-state index in [9.17, 15) is 29.4 Å². The van der Waals surface area contributed by atoms with E-state index >= 15 is 4.79 Å². The monoisotopic (exact) mass is 761 g/mol. The minimum atomic E-state index is -1.67. The third-order valence-corrected chi connectivity index (χ3v) is 11.6. The first-order chi connectivity index (χ1) is 25.4. The van der Waals surface area contributed by atoms with Crippen LogP contribution in [0.2, 0.25) is 10.0 Å². The predicted molar refractivity (Wildman–Crippen MR) is 193 cm³/mol. The number of carboxylic acids is 1. The van der Waals surface area contributed by atoms with E-state index in [0.717, 1.165) is 9.91 Å². The Hall–Kier alpha value is -5.07. The summed E-state index contributed by atoms with van der Waals surface area (Å²) in [4.78, 5) is 70.6. The highest BCUT2D eigenvalue weighted by Crippen LogP contribution is 2.65. The summed E-state index contributed by atoms with van der Waals surface area (Å²) in [5.74, 6) is -6.95. The predicted octanol–water partition coefficient (Wildman–Crippen LogP) is 5.96. The van der Waals surface area contributed by atoms with E-state index in [4.69, 9.17) is 32.7 Å². The fraction of sp³-hybridized carbons (Fsp3) is 0.359. The molecule has 4 amide bonds. The first kappa shape index (κ1) is 36.3. The van der Waals surface area contributed by atoms with Gasteiger partial charge in [0.25, 0.3) is 11.8 Å². The van der Waals surface area contributed by atoms with Crippen LogP contribution >= 0.6 is 23.2 Å². The Bertz CT molecular complexity index is 2050. The van der Waals surface area contributed by atoms with Crippen molar-refractivity contribution in [1.82, 2.24) is 9.91 Å². The lowest BCUT2D eigenvalue weighted by Crippen LogP contribution is -2.53. The van der Waals surface area contributed by atoms with Crippen LogP contribution < -0.4 is 14.9 Å². The number of allylic oxidation sites excluding steroid dienone is 2. The van der Waals surface area contributed by atoms with Crippen LogP contribution in [0.3, 0.4) is 0 Å². The quantitative estimate of drug-likeness (QED) is 0.157. The van der Waals surface area contributed by atoms with E-state index in [1.807, 2.05) is 6.08 Å². The van der Waals surface area contributed by atoms with Crippen molar-refractivity contribution in [2.45, 2.75) is 43.9 Å². The SMILES string of the molecule is CCOc1cccc(C2C3=CCC4C(=O)N(CCCC(=O)O)C(=O)C4C3CC3C(=O)N(Nc4ccc(Cl)cc4Cl)C(=O)C32c2ccc(OC)cc2)c1O. The molecule has 0 radical (unpaired) electrons. The number of hydrogen-bond donors (Lipinski definition) is 3. The molecule has 2 aliphatic carbocycles. The van der Waals surface area contributed by atoms with Crippen molar-refractivity contribution in [2.75, 3.05) is 25.7 Å². The highest BCUT2D eigenvalue weighted by atomic mass is 35.5. The number of carboxylic acid groups (broad SMARTS) is 1. The van der Waals surface area contributed by atoms with Crippen LogP contribution in [0.15, 0.2) is 72.3 Å². The molecule has 0 bridgehead atoms. The summed E-state index contributed by atoms with van der Waals surface area (Å²) in [5, 5.41) is 22.6. The average Bonchev–Trinajstić information content (AvgIpc) is 3.51. The highest BCUT2D eigenvalue weighted by molar-refractivity contribution is 6.36. The number of aromatic hydroxyl groups is 1. The molecule has 0 spiro atoms. The second-order valence-corrected chi connectivity index (χ2v) is 14.5. The van der Waals surface area contributed by atoms with E-state index in [1.165, 1.54) is 13.2 Å². The minimum Gasteiger partial charge on any atom is -0.504 e. The molecule has 53 heavy (non-hydrogen) atoms. The molecule has 3 N–H and O–H groups in total. The fourth-order valence-corrected chi connectivity index (χ4v) is 9.36. The number of likely N-dealkylation sites (tertiary alicyclic amines) is 1. The summed E-state index contributed by atoms with van der Waals surface area (Å²) < 4.78 is 11.2. The minimum absolute atomic E-state index is 0.0283. The number of nitrogens with one attached hydrogen (secondary N) is 1. The molecule has 3 aromatic carbocycles. The zero-order chi connectivity index (χ0) is 37.8. The number of methoxy groups -OCH3 is 1. The van der Waals surface area contributed by atoms with Gasteiger partial charge in [-0.3, -0.25) is 34.3 Å². The third-order valence-electron chi connectivity index (χ3n) is 11.1. The lowest BCUT2D eigenvalue weighted by molar-refractivity contribution is -0.142. The van der Waals surface area contributed by atoms with Gasteiger partial charge in [0.2, 0.25) is 11.8 Å². The fourth-order valence-electron chi connectivity index (χ4n) is 8.91. The van der Waals surface area contributed by atoms with Gasteiger partial charge >= 0.3 is 5.97 Å². The maximum atomic E-state index is 15.4. The molecular weight excluding hydrogens is 725 g/mol.